The molecular weight excluding hydrogens is 114 g/mol. The van der Waals surface area contributed by atoms with Gasteiger partial charge in [-0.15, -0.1) is 6.58 Å². The van der Waals surface area contributed by atoms with E-state index >= 15 is 0 Å². The molecule has 0 rings (SSSR count). The van der Waals surface area contributed by atoms with Crippen molar-refractivity contribution in [3.63, 3.8) is 0 Å². The summed E-state index contributed by atoms with van der Waals surface area (Å²) in [6, 6.07) is 0. The Bertz CT molecular complexity index is 118. The first-order chi connectivity index (χ1) is 4.31. The molecule has 2 nitrogen and oxygen atoms in total. The highest BCUT2D eigenvalue weighted by atomic mass is 16.1. The predicted octanol–water partition coefficient (Wildman–Crippen LogP) is 0.865. The van der Waals surface area contributed by atoms with Gasteiger partial charge in [0.2, 0.25) is 5.91 Å². The molecule has 0 aromatic rings. The molecule has 0 aliphatic rings. The van der Waals surface area contributed by atoms with Crippen molar-refractivity contribution in [1.82, 2.24) is 5.32 Å². The van der Waals surface area contributed by atoms with Crippen LogP contribution in [0.2, 0.25) is 0 Å². The molecule has 0 aliphatic heterocycles. The maximum atomic E-state index is 10.4. The van der Waals surface area contributed by atoms with Gasteiger partial charge < -0.3 is 5.32 Å². The van der Waals surface area contributed by atoms with Crippen molar-refractivity contribution in [3.05, 3.63) is 25.3 Å². The van der Waals surface area contributed by atoms with Gasteiger partial charge in [0.1, 0.15) is 0 Å². The van der Waals surface area contributed by atoms with E-state index in [9.17, 15) is 4.79 Å². The maximum absolute atomic E-state index is 10.4. The number of carbonyl (C=O) groups is 1. The van der Waals surface area contributed by atoms with Crippen molar-refractivity contribution >= 4 is 5.91 Å². The molecule has 1 N–H and O–H groups in total. The van der Waals surface area contributed by atoms with Crippen LogP contribution in [0.4, 0.5) is 0 Å². The third-order valence-corrected chi connectivity index (χ3v) is 0.833. The summed E-state index contributed by atoms with van der Waals surface area (Å²) < 4.78 is 0. The van der Waals surface area contributed by atoms with Gasteiger partial charge in [0.15, 0.2) is 0 Å². The summed E-state index contributed by atoms with van der Waals surface area (Å²) in [4.78, 5) is 10.4. The van der Waals surface area contributed by atoms with Gasteiger partial charge >= 0.3 is 0 Å². The molecule has 0 heterocycles. The van der Waals surface area contributed by atoms with Gasteiger partial charge in [-0.2, -0.15) is 0 Å². The van der Waals surface area contributed by atoms with E-state index in [1.165, 1.54) is 6.08 Å². The number of hydrogen-bond donors (Lipinski definition) is 1. The van der Waals surface area contributed by atoms with Crippen LogP contribution in [0.25, 0.3) is 0 Å². The van der Waals surface area contributed by atoms with Crippen molar-refractivity contribution < 1.29 is 4.79 Å². The molecule has 0 aliphatic carbocycles. The van der Waals surface area contributed by atoms with Crippen LogP contribution in [0, 0.1) is 0 Å². The molecule has 0 bridgehead atoms. The second-order valence-electron chi connectivity index (χ2n) is 1.57. The first-order valence-corrected chi connectivity index (χ1v) is 2.82. The van der Waals surface area contributed by atoms with Crippen LogP contribution in [0.5, 0.6) is 0 Å². The zero-order valence-corrected chi connectivity index (χ0v) is 5.39. The van der Waals surface area contributed by atoms with Crippen LogP contribution >= 0.6 is 0 Å². The second kappa shape index (κ2) is 5.09. The van der Waals surface area contributed by atoms with Gasteiger partial charge in [-0.25, -0.2) is 0 Å². The number of nitrogens with one attached hydrogen (secondary N) is 1. The first kappa shape index (κ1) is 7.95. The standard InChI is InChI=1S/C7H11NO/c1-3-5-6-8-7(9)4-2/h3-4H,1-2,5-6H2,(H,8,9). The zero-order chi connectivity index (χ0) is 7.11. The third-order valence-electron chi connectivity index (χ3n) is 0.833. The summed E-state index contributed by atoms with van der Waals surface area (Å²) in [7, 11) is 0. The molecular formula is C7H11NO. The van der Waals surface area contributed by atoms with Crippen molar-refractivity contribution in [1.29, 1.82) is 0 Å². The lowest BCUT2D eigenvalue weighted by Gasteiger charge is -1.95. The molecule has 0 aromatic heterocycles. The topological polar surface area (TPSA) is 29.1 Å². The van der Waals surface area contributed by atoms with E-state index in [0.29, 0.717) is 6.54 Å². The zero-order valence-electron chi connectivity index (χ0n) is 5.39. The minimum absolute atomic E-state index is 0.128. The molecule has 0 radical (unpaired) electrons. The van der Waals surface area contributed by atoms with E-state index in [-0.39, 0.29) is 5.91 Å². The van der Waals surface area contributed by atoms with Crippen molar-refractivity contribution in [2.24, 2.45) is 0 Å². The van der Waals surface area contributed by atoms with Crippen molar-refractivity contribution in [3.8, 4) is 0 Å². The van der Waals surface area contributed by atoms with E-state index in [2.05, 4.69) is 18.5 Å². The molecule has 0 aromatic carbocycles. The monoisotopic (exact) mass is 125 g/mol. The van der Waals surface area contributed by atoms with Gasteiger partial charge in [-0.1, -0.05) is 12.7 Å². The quantitative estimate of drug-likeness (QED) is 0.337. The van der Waals surface area contributed by atoms with Crippen LogP contribution < -0.4 is 5.32 Å². The number of amides is 1. The summed E-state index contributed by atoms with van der Waals surface area (Å²) in [5.74, 6) is -0.128. The van der Waals surface area contributed by atoms with Crippen LogP contribution in [-0.4, -0.2) is 12.5 Å². The second-order valence-corrected chi connectivity index (χ2v) is 1.57. The fourth-order valence-electron chi connectivity index (χ4n) is 0.370. The lowest BCUT2D eigenvalue weighted by Crippen LogP contribution is -2.21. The van der Waals surface area contributed by atoms with E-state index in [4.69, 9.17) is 0 Å². The Morgan fingerprint density at radius 1 is 1.56 bits per heavy atom. The highest BCUT2D eigenvalue weighted by Gasteiger charge is 1.87. The van der Waals surface area contributed by atoms with Crippen LogP contribution in [0.15, 0.2) is 25.3 Å². The third kappa shape index (κ3) is 4.81. The average molecular weight is 125 g/mol. The number of rotatable bonds is 4. The average Bonchev–Trinajstić information content (AvgIpc) is 1.89. The Kier molecular flexibility index (Phi) is 4.50. The lowest BCUT2D eigenvalue weighted by atomic mass is 10.4. The number of hydrogen-bond acceptors (Lipinski definition) is 1. The van der Waals surface area contributed by atoms with E-state index in [1.807, 2.05) is 0 Å². The van der Waals surface area contributed by atoms with Crippen LogP contribution in [0.3, 0.4) is 0 Å². The minimum Gasteiger partial charge on any atom is -0.352 e. The maximum Gasteiger partial charge on any atom is 0.243 e. The number of carbonyl (C=O) groups excluding carboxylic acids is 1. The predicted molar refractivity (Wildman–Crippen MR) is 38.0 cm³/mol. The first-order valence-electron chi connectivity index (χ1n) is 2.82. The molecule has 0 spiro atoms. The summed E-state index contributed by atoms with van der Waals surface area (Å²) in [6.07, 6.45) is 3.81. The smallest absolute Gasteiger partial charge is 0.243 e. The van der Waals surface area contributed by atoms with Crippen LogP contribution in [-0.2, 0) is 4.79 Å². The lowest BCUT2D eigenvalue weighted by molar-refractivity contribution is -0.116. The molecule has 0 saturated heterocycles. The Hall–Kier alpha value is -1.05. The molecule has 0 unspecified atom stereocenters. The summed E-state index contributed by atoms with van der Waals surface area (Å²) >= 11 is 0. The Morgan fingerprint density at radius 3 is 2.67 bits per heavy atom. The van der Waals surface area contributed by atoms with E-state index in [0.717, 1.165) is 6.42 Å². The van der Waals surface area contributed by atoms with E-state index < -0.39 is 0 Å². The molecule has 2 heteroatoms. The highest BCUT2D eigenvalue weighted by Crippen LogP contribution is 1.74. The van der Waals surface area contributed by atoms with Crippen molar-refractivity contribution in [2.75, 3.05) is 6.54 Å². The molecule has 0 fully saturated rings. The normalized spacial score (nSPS) is 8.00. The fourth-order valence-corrected chi connectivity index (χ4v) is 0.370. The fraction of sp³-hybridized carbons (Fsp3) is 0.286. The highest BCUT2D eigenvalue weighted by molar-refractivity contribution is 5.86. The molecule has 0 saturated carbocycles. The Morgan fingerprint density at radius 2 is 2.22 bits per heavy atom. The van der Waals surface area contributed by atoms with E-state index in [1.54, 1.807) is 6.08 Å². The van der Waals surface area contributed by atoms with Gasteiger partial charge in [-0.3, -0.25) is 4.79 Å². The Balaban J connectivity index is 3.16. The van der Waals surface area contributed by atoms with Gasteiger partial charge in [0.05, 0.1) is 0 Å². The van der Waals surface area contributed by atoms with Crippen LogP contribution in [0.1, 0.15) is 6.42 Å². The SMILES string of the molecule is C=CCCNC(=O)C=C. The van der Waals surface area contributed by atoms with Gasteiger partial charge in [-0.05, 0) is 12.5 Å². The summed E-state index contributed by atoms with van der Waals surface area (Å²) in [5.41, 5.74) is 0. The minimum atomic E-state index is -0.128. The summed E-state index contributed by atoms with van der Waals surface area (Å²) in [5, 5.41) is 2.60. The Labute approximate surface area is 55.3 Å². The molecule has 0 atom stereocenters. The summed E-state index contributed by atoms with van der Waals surface area (Å²) in [6.45, 7) is 7.45. The van der Waals surface area contributed by atoms with Gasteiger partial charge in [0, 0.05) is 6.54 Å². The largest absolute Gasteiger partial charge is 0.352 e. The molecule has 50 valence electrons. The molecule has 1 amide bonds. The molecule has 9 heavy (non-hydrogen) atoms. The van der Waals surface area contributed by atoms with Gasteiger partial charge in [0.25, 0.3) is 0 Å². The van der Waals surface area contributed by atoms with Crippen molar-refractivity contribution in [2.45, 2.75) is 6.42 Å².